The molecule has 0 aromatic rings. The number of rotatable bonds is 6. The summed E-state index contributed by atoms with van der Waals surface area (Å²) in [5.74, 6) is 0.847. The maximum Gasteiger partial charge on any atom is 0.0702 e. The standard InChI is InChI=1S/C15H30N2O/c1-2-10-18-14-8-5-9-17(12-14)15(11-16)13-6-3-4-7-13/h13-15H,2-12,16H2,1H3. The van der Waals surface area contributed by atoms with Crippen LogP contribution in [0.1, 0.15) is 51.9 Å². The summed E-state index contributed by atoms with van der Waals surface area (Å²) < 4.78 is 5.94. The summed E-state index contributed by atoms with van der Waals surface area (Å²) in [4.78, 5) is 2.62. The third-order valence-electron chi connectivity index (χ3n) is 4.62. The van der Waals surface area contributed by atoms with Crippen molar-refractivity contribution in [2.45, 2.75) is 64.0 Å². The summed E-state index contributed by atoms with van der Waals surface area (Å²) in [6.45, 7) is 6.25. The van der Waals surface area contributed by atoms with Crippen molar-refractivity contribution in [1.29, 1.82) is 0 Å². The van der Waals surface area contributed by atoms with Gasteiger partial charge < -0.3 is 10.5 Å². The molecule has 2 fully saturated rings. The molecule has 0 amide bonds. The highest BCUT2D eigenvalue weighted by Crippen LogP contribution is 2.31. The molecule has 1 saturated heterocycles. The van der Waals surface area contributed by atoms with E-state index in [9.17, 15) is 0 Å². The molecule has 3 nitrogen and oxygen atoms in total. The fourth-order valence-electron chi connectivity index (χ4n) is 3.67. The molecule has 2 aliphatic rings. The van der Waals surface area contributed by atoms with Crippen LogP contribution in [-0.4, -0.2) is 43.3 Å². The SMILES string of the molecule is CCCOC1CCCN(C(CN)C2CCCC2)C1. The van der Waals surface area contributed by atoms with Gasteiger partial charge in [0.1, 0.15) is 0 Å². The highest BCUT2D eigenvalue weighted by Gasteiger charge is 2.32. The van der Waals surface area contributed by atoms with Gasteiger partial charge in [-0.25, -0.2) is 0 Å². The monoisotopic (exact) mass is 254 g/mol. The summed E-state index contributed by atoms with van der Waals surface area (Å²) in [6.07, 6.45) is 9.68. The molecule has 3 heteroatoms. The van der Waals surface area contributed by atoms with Gasteiger partial charge in [-0.15, -0.1) is 0 Å². The second-order valence-electron chi connectivity index (χ2n) is 5.98. The summed E-state index contributed by atoms with van der Waals surface area (Å²) in [5, 5.41) is 0. The number of hydrogen-bond donors (Lipinski definition) is 1. The largest absolute Gasteiger partial charge is 0.377 e. The molecule has 1 heterocycles. The Morgan fingerprint density at radius 1 is 1.22 bits per heavy atom. The molecule has 1 aliphatic heterocycles. The van der Waals surface area contributed by atoms with Gasteiger partial charge in [0.2, 0.25) is 0 Å². The van der Waals surface area contributed by atoms with Gasteiger partial charge in [0, 0.05) is 25.7 Å². The topological polar surface area (TPSA) is 38.5 Å². The third kappa shape index (κ3) is 3.69. The van der Waals surface area contributed by atoms with Crippen molar-refractivity contribution >= 4 is 0 Å². The van der Waals surface area contributed by atoms with Crippen molar-refractivity contribution in [3.8, 4) is 0 Å². The quantitative estimate of drug-likeness (QED) is 0.791. The first kappa shape index (κ1) is 14.3. The van der Waals surface area contributed by atoms with E-state index in [1.54, 1.807) is 0 Å². The van der Waals surface area contributed by atoms with Gasteiger partial charge in [0.05, 0.1) is 6.10 Å². The second-order valence-corrected chi connectivity index (χ2v) is 5.98. The van der Waals surface area contributed by atoms with Crippen molar-refractivity contribution in [3.63, 3.8) is 0 Å². The van der Waals surface area contributed by atoms with Crippen molar-refractivity contribution in [1.82, 2.24) is 4.90 Å². The highest BCUT2D eigenvalue weighted by molar-refractivity contribution is 4.87. The van der Waals surface area contributed by atoms with Crippen LogP contribution in [0.25, 0.3) is 0 Å². The average molecular weight is 254 g/mol. The lowest BCUT2D eigenvalue weighted by Gasteiger charge is -2.40. The van der Waals surface area contributed by atoms with Gasteiger partial charge in [-0.1, -0.05) is 19.8 Å². The summed E-state index contributed by atoms with van der Waals surface area (Å²) in [5.41, 5.74) is 6.05. The van der Waals surface area contributed by atoms with E-state index in [0.29, 0.717) is 12.1 Å². The van der Waals surface area contributed by atoms with Crippen LogP contribution in [0.3, 0.4) is 0 Å². The smallest absolute Gasteiger partial charge is 0.0702 e. The molecule has 106 valence electrons. The van der Waals surface area contributed by atoms with Crippen LogP contribution >= 0.6 is 0 Å². The molecular formula is C15H30N2O. The molecule has 0 radical (unpaired) electrons. The number of hydrogen-bond acceptors (Lipinski definition) is 3. The van der Waals surface area contributed by atoms with Crippen molar-refractivity contribution < 1.29 is 4.74 Å². The van der Waals surface area contributed by atoms with Crippen molar-refractivity contribution in [3.05, 3.63) is 0 Å². The van der Waals surface area contributed by atoms with E-state index in [0.717, 1.165) is 32.0 Å². The maximum atomic E-state index is 6.05. The zero-order chi connectivity index (χ0) is 12.8. The molecule has 0 spiro atoms. The van der Waals surface area contributed by atoms with E-state index in [2.05, 4.69) is 11.8 Å². The number of piperidine rings is 1. The number of nitrogens with zero attached hydrogens (tertiary/aromatic N) is 1. The fourth-order valence-corrected chi connectivity index (χ4v) is 3.67. The van der Waals surface area contributed by atoms with Gasteiger partial charge in [0.25, 0.3) is 0 Å². The Kier molecular flexibility index (Phi) is 5.93. The Labute approximate surface area is 112 Å². The molecule has 0 aromatic heterocycles. The molecule has 0 aromatic carbocycles. The predicted octanol–water partition coefficient (Wildman–Crippen LogP) is 2.39. The average Bonchev–Trinajstić information content (AvgIpc) is 2.92. The lowest BCUT2D eigenvalue weighted by atomic mass is 9.94. The Hall–Kier alpha value is -0.120. The van der Waals surface area contributed by atoms with E-state index in [1.165, 1.54) is 45.1 Å². The molecule has 1 aliphatic carbocycles. The lowest BCUT2D eigenvalue weighted by molar-refractivity contribution is -0.0191. The van der Waals surface area contributed by atoms with E-state index < -0.39 is 0 Å². The van der Waals surface area contributed by atoms with Crippen LogP contribution in [0.5, 0.6) is 0 Å². The zero-order valence-electron chi connectivity index (χ0n) is 11.9. The van der Waals surface area contributed by atoms with Gasteiger partial charge in [-0.05, 0) is 44.6 Å². The zero-order valence-corrected chi connectivity index (χ0v) is 11.9. The minimum Gasteiger partial charge on any atom is -0.377 e. The fraction of sp³-hybridized carbons (Fsp3) is 1.00. The second kappa shape index (κ2) is 7.46. The molecule has 1 saturated carbocycles. The van der Waals surface area contributed by atoms with Crippen LogP contribution < -0.4 is 5.73 Å². The first-order chi connectivity index (χ1) is 8.85. The molecule has 2 unspecified atom stereocenters. The predicted molar refractivity (Wildman–Crippen MR) is 75.6 cm³/mol. The van der Waals surface area contributed by atoms with Crippen LogP contribution in [0.2, 0.25) is 0 Å². The Balaban J connectivity index is 1.85. The van der Waals surface area contributed by atoms with Crippen LogP contribution in [0.4, 0.5) is 0 Å². The molecular weight excluding hydrogens is 224 g/mol. The molecule has 2 N–H and O–H groups in total. The van der Waals surface area contributed by atoms with E-state index in [-0.39, 0.29) is 0 Å². The number of likely N-dealkylation sites (tertiary alicyclic amines) is 1. The molecule has 2 rings (SSSR count). The Morgan fingerprint density at radius 2 is 2.00 bits per heavy atom. The minimum atomic E-state index is 0.453. The van der Waals surface area contributed by atoms with E-state index in [1.807, 2.05) is 0 Å². The summed E-state index contributed by atoms with van der Waals surface area (Å²) >= 11 is 0. The number of nitrogens with two attached hydrogens (primary N) is 1. The normalized spacial score (nSPS) is 28.7. The van der Waals surface area contributed by atoms with Crippen LogP contribution in [0.15, 0.2) is 0 Å². The summed E-state index contributed by atoms with van der Waals surface area (Å²) in [7, 11) is 0. The Bertz CT molecular complexity index is 229. The minimum absolute atomic E-state index is 0.453. The van der Waals surface area contributed by atoms with Crippen molar-refractivity contribution in [2.75, 3.05) is 26.2 Å². The van der Waals surface area contributed by atoms with Gasteiger partial charge in [-0.3, -0.25) is 4.90 Å². The first-order valence-corrected chi connectivity index (χ1v) is 7.90. The first-order valence-electron chi connectivity index (χ1n) is 7.90. The molecule has 0 bridgehead atoms. The molecule has 18 heavy (non-hydrogen) atoms. The molecule has 2 atom stereocenters. The Morgan fingerprint density at radius 3 is 2.67 bits per heavy atom. The lowest BCUT2D eigenvalue weighted by Crippen LogP contribution is -2.51. The highest BCUT2D eigenvalue weighted by atomic mass is 16.5. The summed E-state index contributed by atoms with van der Waals surface area (Å²) in [6, 6.07) is 0.612. The number of ether oxygens (including phenoxy) is 1. The van der Waals surface area contributed by atoms with Gasteiger partial charge in [-0.2, -0.15) is 0 Å². The van der Waals surface area contributed by atoms with Crippen LogP contribution in [-0.2, 0) is 4.74 Å². The third-order valence-corrected chi connectivity index (χ3v) is 4.62. The van der Waals surface area contributed by atoms with E-state index >= 15 is 0 Å². The van der Waals surface area contributed by atoms with Crippen LogP contribution in [0, 0.1) is 5.92 Å². The van der Waals surface area contributed by atoms with Gasteiger partial charge in [0.15, 0.2) is 0 Å². The maximum absolute atomic E-state index is 6.05. The van der Waals surface area contributed by atoms with E-state index in [4.69, 9.17) is 10.5 Å². The van der Waals surface area contributed by atoms with Gasteiger partial charge >= 0.3 is 0 Å². The van der Waals surface area contributed by atoms with Crippen molar-refractivity contribution in [2.24, 2.45) is 11.7 Å².